The molecule has 0 saturated carbocycles. The maximum atomic E-state index is 12.5. The number of hydrogen-bond acceptors (Lipinski definition) is 3. The molecule has 0 atom stereocenters. The van der Waals surface area contributed by atoms with Gasteiger partial charge >= 0.3 is 12.1 Å². The van der Waals surface area contributed by atoms with Crippen molar-refractivity contribution >= 4 is 21.9 Å². The van der Waals surface area contributed by atoms with Gasteiger partial charge in [-0.15, -0.1) is 0 Å². The zero-order valence-electron chi connectivity index (χ0n) is 8.55. The number of aromatic nitrogens is 1. The Morgan fingerprint density at radius 1 is 1.47 bits per heavy atom. The average molecular weight is 314 g/mol. The van der Waals surface area contributed by atoms with Crippen molar-refractivity contribution in [2.75, 3.05) is 7.11 Å². The van der Waals surface area contributed by atoms with Crippen molar-refractivity contribution in [1.29, 1.82) is 0 Å². The van der Waals surface area contributed by atoms with Crippen LogP contribution in [0.15, 0.2) is 16.9 Å². The predicted octanol–water partition coefficient (Wildman–Crippen LogP) is 2.01. The molecule has 4 nitrogen and oxygen atoms in total. The first kappa shape index (κ1) is 13.8. The topological polar surface area (TPSA) is 48.3 Å². The second-order valence-electron chi connectivity index (χ2n) is 2.97. The summed E-state index contributed by atoms with van der Waals surface area (Å²) in [6.45, 7) is 0. The van der Waals surface area contributed by atoms with Gasteiger partial charge in [-0.2, -0.15) is 13.2 Å². The summed E-state index contributed by atoms with van der Waals surface area (Å²) in [7, 11) is 1.04. The van der Waals surface area contributed by atoms with Crippen LogP contribution in [-0.2, 0) is 16.4 Å². The number of rotatable bonds is 2. The van der Waals surface area contributed by atoms with Gasteiger partial charge in [0.1, 0.15) is 11.3 Å². The minimum absolute atomic E-state index is 0.370. The fraction of sp³-hybridized carbons (Fsp3) is 0.333. The number of esters is 1. The van der Waals surface area contributed by atoms with Crippen LogP contribution < -0.4 is 5.56 Å². The van der Waals surface area contributed by atoms with Crippen LogP contribution in [0.5, 0.6) is 0 Å². The van der Waals surface area contributed by atoms with Crippen LogP contribution >= 0.6 is 15.9 Å². The molecule has 0 aliphatic rings. The van der Waals surface area contributed by atoms with Crippen molar-refractivity contribution in [1.82, 2.24) is 4.57 Å². The largest absolute Gasteiger partial charge is 0.465 e. The number of carbonyl (C=O) groups is 1. The minimum atomic E-state index is -4.67. The Morgan fingerprint density at radius 2 is 2.06 bits per heavy atom. The van der Waals surface area contributed by atoms with Crippen LogP contribution in [0.1, 0.15) is 16.1 Å². The molecule has 1 rings (SSSR count). The summed E-state index contributed by atoms with van der Waals surface area (Å²) >= 11 is 2.77. The molecule has 0 amide bonds. The van der Waals surface area contributed by atoms with Crippen LogP contribution in [0.25, 0.3) is 0 Å². The monoisotopic (exact) mass is 313 g/mol. The lowest BCUT2D eigenvalue weighted by molar-refractivity contribution is -0.143. The molecule has 94 valence electrons. The van der Waals surface area contributed by atoms with Crippen LogP contribution in [0.2, 0.25) is 0 Å². The lowest BCUT2D eigenvalue weighted by Crippen LogP contribution is -2.31. The van der Waals surface area contributed by atoms with E-state index >= 15 is 0 Å². The second kappa shape index (κ2) is 4.91. The van der Waals surface area contributed by atoms with E-state index in [1.54, 1.807) is 0 Å². The van der Waals surface area contributed by atoms with E-state index in [9.17, 15) is 22.8 Å². The number of methoxy groups -OCH3 is 1. The zero-order valence-corrected chi connectivity index (χ0v) is 10.1. The highest BCUT2D eigenvalue weighted by molar-refractivity contribution is 9.08. The van der Waals surface area contributed by atoms with Gasteiger partial charge in [-0.05, 0) is 12.1 Å². The number of nitrogens with zero attached hydrogens (tertiary/aromatic N) is 1. The van der Waals surface area contributed by atoms with E-state index in [4.69, 9.17) is 0 Å². The molecule has 0 aromatic carbocycles. The molecule has 0 saturated heterocycles. The average Bonchev–Trinajstić information content (AvgIpc) is 2.26. The Hall–Kier alpha value is -1.31. The molecule has 0 N–H and O–H groups in total. The highest BCUT2D eigenvalue weighted by Crippen LogP contribution is 2.28. The number of carbonyl (C=O) groups excluding carboxylic acids is 1. The fourth-order valence-electron chi connectivity index (χ4n) is 1.21. The van der Waals surface area contributed by atoms with E-state index in [1.807, 2.05) is 0 Å². The molecule has 0 spiro atoms. The van der Waals surface area contributed by atoms with Crippen molar-refractivity contribution < 1.29 is 22.7 Å². The van der Waals surface area contributed by atoms with Crippen molar-refractivity contribution in [2.24, 2.45) is 0 Å². The van der Waals surface area contributed by atoms with Crippen molar-refractivity contribution in [3.05, 3.63) is 33.7 Å². The van der Waals surface area contributed by atoms with Gasteiger partial charge in [-0.3, -0.25) is 9.36 Å². The summed E-state index contributed by atoms with van der Waals surface area (Å²) < 4.78 is 42.3. The highest BCUT2D eigenvalue weighted by Gasteiger charge is 2.35. The molecule has 1 heterocycles. The number of ether oxygens (including phenoxy) is 1. The van der Waals surface area contributed by atoms with E-state index in [0.29, 0.717) is 10.6 Å². The molecule has 1 aromatic heterocycles. The van der Waals surface area contributed by atoms with Gasteiger partial charge in [0.25, 0.3) is 5.56 Å². The molecule has 0 fully saturated rings. The van der Waals surface area contributed by atoms with E-state index in [0.717, 1.165) is 13.2 Å². The Labute approximate surface area is 102 Å². The minimum Gasteiger partial charge on any atom is -0.465 e. The van der Waals surface area contributed by atoms with Gasteiger partial charge in [0, 0.05) is 0 Å². The van der Waals surface area contributed by atoms with E-state index in [-0.39, 0.29) is 5.45 Å². The van der Waals surface area contributed by atoms with Crippen LogP contribution in [0, 0.1) is 0 Å². The Balaban J connectivity index is 3.49. The maximum Gasteiger partial charge on any atom is 0.431 e. The fourth-order valence-corrected chi connectivity index (χ4v) is 1.71. The quantitative estimate of drug-likeness (QED) is 0.620. The number of alkyl halides is 4. The van der Waals surface area contributed by atoms with Gasteiger partial charge in [0.15, 0.2) is 0 Å². The van der Waals surface area contributed by atoms with Crippen molar-refractivity contribution in [3.8, 4) is 0 Å². The summed E-state index contributed by atoms with van der Waals surface area (Å²) in [6, 6.07) is 1.46. The smallest absolute Gasteiger partial charge is 0.431 e. The summed E-state index contributed by atoms with van der Waals surface area (Å²) in [4.78, 5) is 22.7. The van der Waals surface area contributed by atoms with Gasteiger partial charge in [-0.25, -0.2) is 4.79 Å². The first-order valence-electron chi connectivity index (χ1n) is 4.28. The molecule has 0 bridgehead atoms. The first-order chi connectivity index (χ1) is 7.82. The summed E-state index contributed by atoms with van der Waals surface area (Å²) in [5.74, 6) is -0.974. The number of pyridine rings is 1. The van der Waals surface area contributed by atoms with Crippen molar-refractivity contribution in [2.45, 2.75) is 11.6 Å². The summed E-state index contributed by atoms with van der Waals surface area (Å²) in [5.41, 5.74) is -3.00. The molecule has 0 aliphatic carbocycles. The van der Waals surface area contributed by atoms with E-state index < -0.39 is 29.0 Å². The molecule has 0 radical (unpaired) electrons. The third kappa shape index (κ3) is 2.68. The van der Waals surface area contributed by atoms with Crippen LogP contribution in [0.3, 0.4) is 0 Å². The third-order valence-corrected chi connectivity index (χ3v) is 2.49. The third-order valence-electron chi connectivity index (χ3n) is 1.99. The highest BCUT2D eigenvalue weighted by atomic mass is 79.9. The number of hydrogen-bond donors (Lipinski definition) is 0. The van der Waals surface area contributed by atoms with Crippen LogP contribution in [-0.4, -0.2) is 17.6 Å². The first-order valence-corrected chi connectivity index (χ1v) is 5.40. The molecular formula is C9H7BrF3NO3. The Bertz CT molecular complexity index is 495. The molecule has 0 aliphatic heterocycles. The molecular weight excluding hydrogens is 307 g/mol. The van der Waals surface area contributed by atoms with Crippen LogP contribution in [0.4, 0.5) is 13.2 Å². The van der Waals surface area contributed by atoms with E-state index in [1.165, 1.54) is 0 Å². The number of halogens is 4. The van der Waals surface area contributed by atoms with Gasteiger partial charge in [0.2, 0.25) is 0 Å². The van der Waals surface area contributed by atoms with Gasteiger partial charge < -0.3 is 4.74 Å². The lowest BCUT2D eigenvalue weighted by Gasteiger charge is -2.13. The summed E-state index contributed by atoms with van der Waals surface area (Å²) in [5, 5.41) is 0. The van der Waals surface area contributed by atoms with Gasteiger partial charge in [-0.1, -0.05) is 15.9 Å². The molecule has 17 heavy (non-hydrogen) atoms. The standard InChI is InChI=1S/C9H7BrF3NO3/c1-17-8(16)5-2-3-6(9(11,12)13)14(4-10)7(5)15/h2-3H,4H2,1H3. The zero-order chi connectivity index (χ0) is 13.2. The van der Waals surface area contributed by atoms with Gasteiger partial charge in [0.05, 0.1) is 12.6 Å². The van der Waals surface area contributed by atoms with E-state index in [2.05, 4.69) is 20.7 Å². The molecule has 1 aromatic rings. The Morgan fingerprint density at radius 3 is 2.47 bits per heavy atom. The normalized spacial score (nSPS) is 11.4. The molecule has 8 heteroatoms. The van der Waals surface area contributed by atoms with Crippen molar-refractivity contribution in [3.63, 3.8) is 0 Å². The second-order valence-corrected chi connectivity index (χ2v) is 3.48. The summed E-state index contributed by atoms with van der Waals surface area (Å²) in [6.07, 6.45) is -4.67. The SMILES string of the molecule is COC(=O)c1ccc(C(F)(F)F)n(CBr)c1=O. The molecule has 0 unspecified atom stereocenters. The lowest BCUT2D eigenvalue weighted by atomic mass is 10.2. The Kier molecular flexibility index (Phi) is 3.97. The maximum absolute atomic E-state index is 12.5. The predicted molar refractivity (Wildman–Crippen MR) is 56.0 cm³/mol.